The summed E-state index contributed by atoms with van der Waals surface area (Å²) in [5, 5.41) is 6.47. The minimum atomic E-state index is -3.54. The molecule has 3 N–H and O–H groups in total. The molecule has 0 fully saturated rings. The molecule has 0 amide bonds. The van der Waals surface area contributed by atoms with Crippen LogP contribution in [0.15, 0.2) is 64.6 Å². The van der Waals surface area contributed by atoms with Crippen LogP contribution in [0.3, 0.4) is 0 Å². The molecule has 0 bridgehead atoms. The van der Waals surface area contributed by atoms with Crippen LogP contribution in [0.1, 0.15) is 25.3 Å². The Morgan fingerprint density at radius 1 is 0.933 bits per heavy atom. The third-order valence-corrected chi connectivity index (χ3v) is 6.74. The molecule has 1 aromatic heterocycles. The highest BCUT2D eigenvalue weighted by molar-refractivity contribution is 7.98. The fourth-order valence-electron chi connectivity index (χ4n) is 2.80. The van der Waals surface area contributed by atoms with E-state index in [-0.39, 0.29) is 4.90 Å². The summed E-state index contributed by atoms with van der Waals surface area (Å²) in [6, 6.07) is 14.9. The Kier molecular flexibility index (Phi) is 6.96. The van der Waals surface area contributed by atoms with Gasteiger partial charge in [0.15, 0.2) is 0 Å². The molecule has 0 aliphatic heterocycles. The van der Waals surface area contributed by atoms with E-state index in [2.05, 4.69) is 51.3 Å². The zero-order chi connectivity index (χ0) is 21.7. The molecule has 30 heavy (non-hydrogen) atoms. The molecule has 0 aliphatic carbocycles. The lowest BCUT2D eigenvalue weighted by molar-refractivity contribution is 0.588. The largest absolute Gasteiger partial charge is 0.340 e. The standard InChI is InChI=1S/C21H25N5O2S2/c1-14(2)15-5-7-16(8-6-15)25-20-12-21(24-13-23-20)26-18-11-17(30(27,28)22-3)9-10-19(18)29-4/h5-14,22H,1-4H3,(H2,23,24,25,26). The summed E-state index contributed by atoms with van der Waals surface area (Å²) in [6.45, 7) is 4.31. The van der Waals surface area contributed by atoms with Crippen molar-refractivity contribution in [2.45, 2.75) is 29.6 Å². The highest BCUT2D eigenvalue weighted by atomic mass is 32.2. The summed E-state index contributed by atoms with van der Waals surface area (Å²) in [5.74, 6) is 1.66. The van der Waals surface area contributed by atoms with Gasteiger partial charge in [-0.1, -0.05) is 26.0 Å². The predicted molar refractivity (Wildman–Crippen MR) is 124 cm³/mol. The van der Waals surface area contributed by atoms with Gasteiger partial charge in [0.25, 0.3) is 0 Å². The molecule has 0 spiro atoms. The average molecular weight is 444 g/mol. The van der Waals surface area contributed by atoms with E-state index in [1.807, 2.05) is 18.4 Å². The van der Waals surface area contributed by atoms with Crippen LogP contribution in [-0.4, -0.2) is 31.7 Å². The van der Waals surface area contributed by atoms with Gasteiger partial charge in [-0.05, 0) is 55.1 Å². The first-order chi connectivity index (χ1) is 14.3. The Morgan fingerprint density at radius 2 is 1.60 bits per heavy atom. The Hall–Kier alpha value is -2.62. The molecule has 0 atom stereocenters. The zero-order valence-corrected chi connectivity index (χ0v) is 18.9. The lowest BCUT2D eigenvalue weighted by atomic mass is 10.0. The Labute approximate surface area is 181 Å². The molecule has 9 heteroatoms. The maximum absolute atomic E-state index is 12.1. The topological polar surface area (TPSA) is 96.0 Å². The van der Waals surface area contributed by atoms with Crippen molar-refractivity contribution in [1.82, 2.24) is 14.7 Å². The number of hydrogen-bond acceptors (Lipinski definition) is 7. The second-order valence-corrected chi connectivity index (χ2v) is 9.62. The van der Waals surface area contributed by atoms with E-state index in [4.69, 9.17) is 0 Å². The van der Waals surface area contributed by atoms with Gasteiger partial charge in [0.2, 0.25) is 10.0 Å². The van der Waals surface area contributed by atoms with Crippen LogP contribution in [-0.2, 0) is 10.0 Å². The molecule has 3 rings (SSSR count). The second kappa shape index (κ2) is 9.46. The lowest BCUT2D eigenvalue weighted by Gasteiger charge is -2.13. The monoisotopic (exact) mass is 443 g/mol. The molecule has 0 aliphatic rings. The summed E-state index contributed by atoms with van der Waals surface area (Å²) >= 11 is 1.52. The first kappa shape index (κ1) is 22.1. The number of anilines is 4. The fourth-order valence-corrected chi connectivity index (χ4v) is 4.09. The number of benzene rings is 2. The van der Waals surface area contributed by atoms with E-state index in [0.29, 0.717) is 23.2 Å². The smallest absolute Gasteiger partial charge is 0.240 e. The minimum absolute atomic E-state index is 0.183. The molecule has 158 valence electrons. The Bertz CT molecular complexity index is 1120. The van der Waals surface area contributed by atoms with Crippen LogP contribution < -0.4 is 15.4 Å². The van der Waals surface area contributed by atoms with E-state index >= 15 is 0 Å². The molecule has 0 saturated heterocycles. The first-order valence-corrected chi connectivity index (χ1v) is 12.1. The highest BCUT2D eigenvalue weighted by Crippen LogP contribution is 2.30. The van der Waals surface area contributed by atoms with Crippen molar-refractivity contribution < 1.29 is 8.42 Å². The molecule has 3 aromatic rings. The molecule has 2 aromatic carbocycles. The van der Waals surface area contributed by atoms with Gasteiger partial charge in [0, 0.05) is 16.6 Å². The molecule has 7 nitrogen and oxygen atoms in total. The zero-order valence-electron chi connectivity index (χ0n) is 17.3. The van der Waals surface area contributed by atoms with Crippen LogP contribution >= 0.6 is 11.8 Å². The van der Waals surface area contributed by atoms with Crippen molar-refractivity contribution in [2.24, 2.45) is 0 Å². The summed E-state index contributed by atoms with van der Waals surface area (Å²) in [4.78, 5) is 9.63. The number of nitrogens with one attached hydrogen (secondary N) is 3. The average Bonchev–Trinajstić information content (AvgIpc) is 2.74. The van der Waals surface area contributed by atoms with Crippen LogP contribution in [0.5, 0.6) is 0 Å². The van der Waals surface area contributed by atoms with E-state index in [0.717, 1.165) is 10.6 Å². The van der Waals surface area contributed by atoms with E-state index in [9.17, 15) is 8.42 Å². The number of hydrogen-bond donors (Lipinski definition) is 3. The van der Waals surface area contributed by atoms with Crippen LogP contribution in [0, 0.1) is 0 Å². The van der Waals surface area contributed by atoms with Gasteiger partial charge >= 0.3 is 0 Å². The number of sulfonamides is 1. The summed E-state index contributed by atoms with van der Waals surface area (Å²) < 4.78 is 26.6. The quantitative estimate of drug-likeness (QED) is 0.434. The Balaban J connectivity index is 1.83. The predicted octanol–water partition coefficient (Wildman–Crippen LogP) is 4.72. The third kappa shape index (κ3) is 5.29. The van der Waals surface area contributed by atoms with Gasteiger partial charge in [0.1, 0.15) is 18.0 Å². The molecular formula is C21H25N5O2S2. The number of rotatable bonds is 8. The van der Waals surface area contributed by atoms with Crippen molar-refractivity contribution in [3.05, 3.63) is 60.4 Å². The van der Waals surface area contributed by atoms with Crippen molar-refractivity contribution in [2.75, 3.05) is 23.9 Å². The maximum Gasteiger partial charge on any atom is 0.240 e. The third-order valence-electron chi connectivity index (χ3n) is 4.53. The van der Waals surface area contributed by atoms with Crippen LogP contribution in [0.4, 0.5) is 23.0 Å². The van der Waals surface area contributed by atoms with E-state index in [1.165, 1.54) is 30.7 Å². The molecule has 0 radical (unpaired) electrons. The van der Waals surface area contributed by atoms with Gasteiger partial charge in [-0.25, -0.2) is 23.1 Å². The number of nitrogens with zero attached hydrogens (tertiary/aromatic N) is 2. The molecule has 1 heterocycles. The Morgan fingerprint density at radius 3 is 2.20 bits per heavy atom. The normalized spacial score (nSPS) is 11.5. The maximum atomic E-state index is 12.1. The first-order valence-electron chi connectivity index (χ1n) is 9.40. The van der Waals surface area contributed by atoms with E-state index in [1.54, 1.807) is 24.3 Å². The number of thioether (sulfide) groups is 1. The molecular weight excluding hydrogens is 418 g/mol. The van der Waals surface area contributed by atoms with Crippen molar-refractivity contribution >= 4 is 44.8 Å². The molecule has 0 unspecified atom stereocenters. The van der Waals surface area contributed by atoms with Gasteiger partial charge < -0.3 is 10.6 Å². The van der Waals surface area contributed by atoms with Crippen LogP contribution in [0.25, 0.3) is 0 Å². The number of aromatic nitrogens is 2. The minimum Gasteiger partial charge on any atom is -0.340 e. The van der Waals surface area contributed by atoms with Gasteiger partial charge in [-0.15, -0.1) is 11.8 Å². The highest BCUT2D eigenvalue weighted by Gasteiger charge is 2.14. The van der Waals surface area contributed by atoms with Crippen molar-refractivity contribution in [3.63, 3.8) is 0 Å². The summed E-state index contributed by atoms with van der Waals surface area (Å²) in [7, 11) is -2.15. The fraction of sp³-hybridized carbons (Fsp3) is 0.238. The summed E-state index contributed by atoms with van der Waals surface area (Å²) in [5.41, 5.74) is 2.85. The van der Waals surface area contributed by atoms with Gasteiger partial charge in [-0.3, -0.25) is 0 Å². The molecule has 0 saturated carbocycles. The van der Waals surface area contributed by atoms with Gasteiger partial charge in [-0.2, -0.15) is 0 Å². The second-order valence-electron chi connectivity index (χ2n) is 6.88. The van der Waals surface area contributed by atoms with Crippen LogP contribution in [0.2, 0.25) is 0 Å². The van der Waals surface area contributed by atoms with Crippen molar-refractivity contribution in [1.29, 1.82) is 0 Å². The van der Waals surface area contributed by atoms with Crippen molar-refractivity contribution in [3.8, 4) is 0 Å². The SMILES string of the molecule is CNS(=O)(=O)c1ccc(SC)c(Nc2cc(Nc3ccc(C(C)C)cc3)ncn2)c1. The van der Waals surface area contributed by atoms with Gasteiger partial charge in [0.05, 0.1) is 10.6 Å². The lowest BCUT2D eigenvalue weighted by Crippen LogP contribution is -2.18. The van der Waals surface area contributed by atoms with E-state index < -0.39 is 10.0 Å². The summed E-state index contributed by atoms with van der Waals surface area (Å²) in [6.07, 6.45) is 3.39.